The lowest BCUT2D eigenvalue weighted by Gasteiger charge is -2.29. The van der Waals surface area contributed by atoms with Crippen molar-refractivity contribution in [1.29, 1.82) is 5.26 Å². The van der Waals surface area contributed by atoms with Crippen molar-refractivity contribution in [3.63, 3.8) is 0 Å². The minimum Gasteiger partial charge on any atom is -0.350 e. The molecule has 4 heteroatoms. The SMILES string of the molecule is CC(C)NC(C#N)(CSc1cc2ccccc2[nH]1)C1CC1. The first-order valence-electron chi connectivity index (χ1n) is 7.52. The Morgan fingerprint density at radius 1 is 1.43 bits per heavy atom. The molecule has 1 saturated carbocycles. The van der Waals surface area contributed by atoms with Crippen LogP contribution >= 0.6 is 11.8 Å². The van der Waals surface area contributed by atoms with Crippen LogP contribution in [0.1, 0.15) is 26.7 Å². The van der Waals surface area contributed by atoms with Crippen LogP contribution in [0.3, 0.4) is 0 Å². The summed E-state index contributed by atoms with van der Waals surface area (Å²) in [5.74, 6) is 1.29. The molecule has 1 aromatic carbocycles. The Morgan fingerprint density at radius 3 is 2.81 bits per heavy atom. The largest absolute Gasteiger partial charge is 0.350 e. The molecule has 1 aliphatic rings. The Morgan fingerprint density at radius 2 is 2.19 bits per heavy atom. The van der Waals surface area contributed by atoms with Gasteiger partial charge in [0.05, 0.1) is 11.1 Å². The second-order valence-electron chi connectivity index (χ2n) is 6.17. The first-order chi connectivity index (χ1) is 10.1. The van der Waals surface area contributed by atoms with E-state index in [9.17, 15) is 5.26 Å². The molecule has 21 heavy (non-hydrogen) atoms. The Balaban J connectivity index is 1.76. The molecule has 110 valence electrons. The molecule has 1 unspecified atom stereocenters. The highest BCUT2D eigenvalue weighted by Crippen LogP contribution is 2.42. The lowest BCUT2D eigenvalue weighted by molar-refractivity contribution is 0.370. The predicted octanol–water partition coefficient (Wildman–Crippen LogP) is 3.93. The summed E-state index contributed by atoms with van der Waals surface area (Å²) in [5.41, 5.74) is 0.765. The third-order valence-electron chi connectivity index (χ3n) is 3.98. The third-order valence-corrected chi connectivity index (χ3v) is 5.11. The highest BCUT2D eigenvalue weighted by molar-refractivity contribution is 7.99. The van der Waals surface area contributed by atoms with Crippen LogP contribution < -0.4 is 5.32 Å². The normalized spacial score (nSPS) is 17.8. The molecule has 3 nitrogen and oxygen atoms in total. The molecular formula is C17H21N3S. The van der Waals surface area contributed by atoms with Crippen molar-refractivity contribution in [2.24, 2.45) is 5.92 Å². The summed E-state index contributed by atoms with van der Waals surface area (Å²) in [7, 11) is 0. The van der Waals surface area contributed by atoms with Crippen LogP contribution in [0.5, 0.6) is 0 Å². The molecule has 1 aromatic heterocycles. The predicted molar refractivity (Wildman–Crippen MR) is 88.4 cm³/mol. The highest BCUT2D eigenvalue weighted by Gasteiger charge is 2.46. The molecule has 3 rings (SSSR count). The van der Waals surface area contributed by atoms with Crippen LogP contribution in [-0.2, 0) is 0 Å². The van der Waals surface area contributed by atoms with Crippen molar-refractivity contribution in [1.82, 2.24) is 10.3 Å². The number of para-hydroxylation sites is 1. The summed E-state index contributed by atoms with van der Waals surface area (Å²) < 4.78 is 0. The number of nitrogens with one attached hydrogen (secondary N) is 2. The van der Waals surface area contributed by atoms with Gasteiger partial charge in [0.2, 0.25) is 0 Å². The standard InChI is InChI=1S/C17H21N3S/c1-12(2)20-17(10-18,14-7-8-14)11-21-16-9-13-5-3-4-6-15(13)19-16/h3-6,9,12,14,19-20H,7-8,11H2,1-2H3. The van der Waals surface area contributed by atoms with Crippen LogP contribution in [0.25, 0.3) is 10.9 Å². The highest BCUT2D eigenvalue weighted by atomic mass is 32.2. The summed E-state index contributed by atoms with van der Waals surface area (Å²) in [6, 6.07) is 13.4. The van der Waals surface area contributed by atoms with E-state index < -0.39 is 5.54 Å². The van der Waals surface area contributed by atoms with Crippen LogP contribution in [0.4, 0.5) is 0 Å². The monoisotopic (exact) mass is 299 g/mol. The van der Waals surface area contributed by atoms with Crippen LogP contribution in [-0.4, -0.2) is 22.3 Å². The number of H-pyrrole nitrogens is 1. The van der Waals surface area contributed by atoms with Gasteiger partial charge in [0.25, 0.3) is 0 Å². The maximum absolute atomic E-state index is 9.72. The quantitative estimate of drug-likeness (QED) is 0.795. The van der Waals surface area contributed by atoms with E-state index in [-0.39, 0.29) is 0 Å². The van der Waals surface area contributed by atoms with Crippen LogP contribution in [0.15, 0.2) is 35.4 Å². The van der Waals surface area contributed by atoms with Gasteiger partial charge in [-0.3, -0.25) is 5.32 Å². The van der Waals surface area contributed by atoms with Crippen molar-refractivity contribution < 1.29 is 0 Å². The smallest absolute Gasteiger partial charge is 0.119 e. The number of fused-ring (bicyclic) bond motifs is 1. The fourth-order valence-corrected chi connectivity index (χ4v) is 4.00. The van der Waals surface area contributed by atoms with E-state index in [1.54, 1.807) is 11.8 Å². The van der Waals surface area contributed by atoms with E-state index in [0.29, 0.717) is 12.0 Å². The van der Waals surface area contributed by atoms with Crippen LogP contribution in [0.2, 0.25) is 0 Å². The van der Waals surface area contributed by atoms with Gasteiger partial charge in [-0.2, -0.15) is 5.26 Å². The van der Waals surface area contributed by atoms with Gasteiger partial charge in [-0.25, -0.2) is 0 Å². The fraction of sp³-hybridized carbons (Fsp3) is 0.471. The van der Waals surface area contributed by atoms with Gasteiger partial charge in [-0.05, 0) is 44.7 Å². The first-order valence-corrected chi connectivity index (χ1v) is 8.51. The zero-order valence-corrected chi connectivity index (χ0v) is 13.3. The van der Waals surface area contributed by atoms with Crippen molar-refractivity contribution >= 4 is 22.7 Å². The molecule has 0 saturated heterocycles. The van der Waals surface area contributed by atoms with Gasteiger partial charge in [-0.1, -0.05) is 18.2 Å². The third kappa shape index (κ3) is 3.09. The zero-order chi connectivity index (χ0) is 14.9. The van der Waals surface area contributed by atoms with Crippen molar-refractivity contribution in [3.8, 4) is 6.07 Å². The Labute approximate surface area is 130 Å². The molecule has 0 aliphatic heterocycles. The lowest BCUT2D eigenvalue weighted by atomic mass is 9.96. The lowest BCUT2D eigenvalue weighted by Crippen LogP contribution is -2.51. The molecule has 0 bridgehead atoms. The Kier molecular flexibility index (Phi) is 3.97. The molecular weight excluding hydrogens is 278 g/mol. The van der Waals surface area contributed by atoms with Crippen molar-refractivity contribution in [3.05, 3.63) is 30.3 Å². The van der Waals surface area contributed by atoms with E-state index in [1.165, 1.54) is 18.2 Å². The molecule has 0 amide bonds. The van der Waals surface area contributed by atoms with Gasteiger partial charge in [0.1, 0.15) is 5.54 Å². The summed E-state index contributed by atoms with van der Waals surface area (Å²) in [5, 5.41) is 15.6. The van der Waals surface area contributed by atoms with E-state index >= 15 is 0 Å². The molecule has 0 radical (unpaired) electrons. The number of hydrogen-bond donors (Lipinski definition) is 2. The number of hydrogen-bond acceptors (Lipinski definition) is 3. The average molecular weight is 299 g/mol. The van der Waals surface area contributed by atoms with Gasteiger partial charge in [-0.15, -0.1) is 11.8 Å². The van der Waals surface area contributed by atoms with E-state index in [0.717, 1.165) is 16.3 Å². The first kappa shape index (κ1) is 14.5. The molecule has 1 heterocycles. The maximum Gasteiger partial charge on any atom is 0.119 e. The fourth-order valence-electron chi connectivity index (χ4n) is 2.84. The zero-order valence-electron chi connectivity index (χ0n) is 12.5. The molecule has 2 aromatic rings. The number of thioether (sulfide) groups is 1. The molecule has 2 N–H and O–H groups in total. The minimum atomic E-state index is -0.393. The van der Waals surface area contributed by atoms with E-state index in [2.05, 4.69) is 54.5 Å². The second kappa shape index (κ2) is 5.75. The number of benzene rings is 1. The maximum atomic E-state index is 9.72. The molecule has 0 spiro atoms. The molecule has 1 fully saturated rings. The number of nitrogens with zero attached hydrogens (tertiary/aromatic N) is 1. The topological polar surface area (TPSA) is 51.6 Å². The van der Waals surface area contributed by atoms with Gasteiger partial charge >= 0.3 is 0 Å². The number of aromatic nitrogens is 1. The molecule has 1 atom stereocenters. The average Bonchev–Trinajstić information content (AvgIpc) is 3.23. The van der Waals surface area contributed by atoms with Gasteiger partial charge in [0, 0.05) is 22.7 Å². The van der Waals surface area contributed by atoms with Gasteiger partial charge < -0.3 is 4.98 Å². The van der Waals surface area contributed by atoms with Crippen LogP contribution in [0, 0.1) is 17.2 Å². The van der Waals surface area contributed by atoms with Gasteiger partial charge in [0.15, 0.2) is 0 Å². The minimum absolute atomic E-state index is 0.327. The molecule has 1 aliphatic carbocycles. The van der Waals surface area contributed by atoms with E-state index in [1.807, 2.05) is 6.07 Å². The summed E-state index contributed by atoms with van der Waals surface area (Å²) in [4.78, 5) is 3.43. The number of aromatic amines is 1. The summed E-state index contributed by atoms with van der Waals surface area (Å²) in [6.07, 6.45) is 2.33. The summed E-state index contributed by atoms with van der Waals surface area (Å²) >= 11 is 1.75. The summed E-state index contributed by atoms with van der Waals surface area (Å²) in [6.45, 7) is 4.23. The number of nitriles is 1. The Hall–Kier alpha value is -1.44. The second-order valence-corrected chi connectivity index (χ2v) is 7.18. The van der Waals surface area contributed by atoms with Crippen molar-refractivity contribution in [2.45, 2.75) is 43.3 Å². The number of rotatable bonds is 6. The Bertz CT molecular complexity index is 633. The van der Waals surface area contributed by atoms with Crippen molar-refractivity contribution in [2.75, 3.05) is 5.75 Å². The van der Waals surface area contributed by atoms with E-state index in [4.69, 9.17) is 0 Å².